The van der Waals surface area contributed by atoms with E-state index in [0.29, 0.717) is 24.5 Å². The maximum Gasteiger partial charge on any atom is 0.269 e. The maximum atomic E-state index is 12.7. The van der Waals surface area contributed by atoms with Crippen LogP contribution in [-0.2, 0) is 11.3 Å². The Morgan fingerprint density at radius 2 is 2.04 bits per heavy atom. The molecule has 0 saturated carbocycles. The third-order valence-electron chi connectivity index (χ3n) is 4.55. The van der Waals surface area contributed by atoms with Crippen LogP contribution in [0, 0.1) is 20.8 Å². The van der Waals surface area contributed by atoms with Gasteiger partial charge in [-0.1, -0.05) is 0 Å². The minimum Gasteiger partial charge on any atom is -0.381 e. The van der Waals surface area contributed by atoms with Crippen LogP contribution in [0.3, 0.4) is 0 Å². The molecular formula is C18H24N4O3. The highest BCUT2D eigenvalue weighted by molar-refractivity contribution is 5.92. The lowest BCUT2D eigenvalue weighted by atomic mass is 10.1. The second-order valence-corrected chi connectivity index (χ2v) is 6.58. The third kappa shape index (κ3) is 3.82. The molecule has 1 amide bonds. The molecule has 0 aromatic carbocycles. The zero-order valence-electron chi connectivity index (χ0n) is 14.9. The highest BCUT2D eigenvalue weighted by atomic mass is 16.5. The molecule has 0 spiro atoms. The number of ether oxygens (including phenoxy) is 1. The number of carbonyl (C=O) groups excluding carboxylic acids is 1. The standard InChI is InChI=1S/C18H24N4O3/c1-11-8-12(2)20-17(23)15(11)10-19-18(24)16-9-13(3)21-22(16)14-4-6-25-7-5-14/h8-9,14H,4-7,10H2,1-3H3,(H,19,24)(H,20,23). The molecule has 0 radical (unpaired) electrons. The molecule has 1 aliphatic rings. The lowest BCUT2D eigenvalue weighted by Gasteiger charge is -2.24. The molecule has 1 fully saturated rings. The Hall–Kier alpha value is -2.41. The van der Waals surface area contributed by atoms with Crippen molar-refractivity contribution in [1.29, 1.82) is 0 Å². The lowest BCUT2D eigenvalue weighted by Crippen LogP contribution is -2.31. The fourth-order valence-electron chi connectivity index (χ4n) is 3.25. The Kier molecular flexibility index (Phi) is 5.03. The molecule has 1 aliphatic heterocycles. The van der Waals surface area contributed by atoms with Gasteiger partial charge in [0.05, 0.1) is 11.7 Å². The van der Waals surface area contributed by atoms with E-state index in [1.807, 2.05) is 26.8 Å². The van der Waals surface area contributed by atoms with Gasteiger partial charge in [0.2, 0.25) is 0 Å². The molecule has 7 nitrogen and oxygen atoms in total. The zero-order chi connectivity index (χ0) is 18.0. The van der Waals surface area contributed by atoms with Crippen LogP contribution in [0.15, 0.2) is 16.9 Å². The van der Waals surface area contributed by atoms with Crippen molar-refractivity contribution in [2.45, 2.75) is 46.2 Å². The Labute approximate surface area is 146 Å². The Balaban J connectivity index is 1.77. The average Bonchev–Trinajstić information content (AvgIpc) is 2.96. The topological polar surface area (TPSA) is 89.0 Å². The highest BCUT2D eigenvalue weighted by Crippen LogP contribution is 2.22. The number of hydrogen-bond donors (Lipinski definition) is 2. The molecule has 25 heavy (non-hydrogen) atoms. The van der Waals surface area contributed by atoms with Crippen molar-refractivity contribution in [3.63, 3.8) is 0 Å². The SMILES string of the molecule is Cc1cc(C(=O)NCc2c(C)cc(C)[nH]c2=O)n(C2CCOCC2)n1. The van der Waals surface area contributed by atoms with Crippen molar-refractivity contribution in [1.82, 2.24) is 20.1 Å². The van der Waals surface area contributed by atoms with Gasteiger partial charge < -0.3 is 15.0 Å². The van der Waals surface area contributed by atoms with Gasteiger partial charge in [0.15, 0.2) is 0 Å². The molecule has 2 N–H and O–H groups in total. The fourth-order valence-corrected chi connectivity index (χ4v) is 3.25. The van der Waals surface area contributed by atoms with Gasteiger partial charge in [0.25, 0.3) is 11.5 Å². The molecule has 2 aromatic heterocycles. The number of pyridine rings is 1. The van der Waals surface area contributed by atoms with E-state index < -0.39 is 0 Å². The number of H-pyrrole nitrogens is 1. The van der Waals surface area contributed by atoms with Crippen molar-refractivity contribution in [3.05, 3.63) is 50.7 Å². The molecule has 3 heterocycles. The van der Waals surface area contributed by atoms with Gasteiger partial charge >= 0.3 is 0 Å². The number of carbonyl (C=O) groups is 1. The van der Waals surface area contributed by atoms with E-state index in [4.69, 9.17) is 4.74 Å². The molecule has 2 aromatic rings. The van der Waals surface area contributed by atoms with Crippen molar-refractivity contribution in [3.8, 4) is 0 Å². The van der Waals surface area contributed by atoms with Gasteiger partial charge in [-0.2, -0.15) is 5.10 Å². The summed E-state index contributed by atoms with van der Waals surface area (Å²) in [6, 6.07) is 3.86. The Bertz CT molecular complexity index is 831. The largest absolute Gasteiger partial charge is 0.381 e. The monoisotopic (exact) mass is 344 g/mol. The number of amides is 1. The van der Waals surface area contributed by atoms with Crippen molar-refractivity contribution >= 4 is 5.91 Å². The minimum absolute atomic E-state index is 0.160. The highest BCUT2D eigenvalue weighted by Gasteiger charge is 2.23. The van der Waals surface area contributed by atoms with Gasteiger partial charge in [-0.3, -0.25) is 14.3 Å². The van der Waals surface area contributed by atoms with E-state index in [2.05, 4.69) is 15.4 Å². The van der Waals surface area contributed by atoms with Gasteiger partial charge in [0, 0.05) is 31.0 Å². The number of aromatic nitrogens is 3. The van der Waals surface area contributed by atoms with E-state index in [1.165, 1.54) is 0 Å². The maximum absolute atomic E-state index is 12.7. The normalized spacial score (nSPS) is 15.3. The first-order chi connectivity index (χ1) is 12.0. The molecule has 3 rings (SSSR count). The van der Waals surface area contributed by atoms with E-state index in [0.717, 1.165) is 29.8 Å². The number of nitrogens with zero attached hydrogens (tertiary/aromatic N) is 2. The van der Waals surface area contributed by atoms with E-state index in [9.17, 15) is 9.59 Å². The Morgan fingerprint density at radius 1 is 1.32 bits per heavy atom. The predicted octanol–water partition coefficient (Wildman–Crippen LogP) is 1.78. The molecule has 7 heteroatoms. The smallest absolute Gasteiger partial charge is 0.269 e. The van der Waals surface area contributed by atoms with Crippen LogP contribution in [0.4, 0.5) is 0 Å². The second-order valence-electron chi connectivity index (χ2n) is 6.58. The van der Waals surface area contributed by atoms with Crippen molar-refractivity contribution in [2.24, 2.45) is 0 Å². The fraction of sp³-hybridized carbons (Fsp3) is 0.500. The molecular weight excluding hydrogens is 320 g/mol. The first-order valence-corrected chi connectivity index (χ1v) is 8.57. The molecule has 134 valence electrons. The molecule has 1 saturated heterocycles. The number of hydrogen-bond acceptors (Lipinski definition) is 4. The number of nitrogens with one attached hydrogen (secondary N) is 2. The summed E-state index contributed by atoms with van der Waals surface area (Å²) in [7, 11) is 0. The van der Waals surface area contributed by atoms with Crippen molar-refractivity contribution in [2.75, 3.05) is 13.2 Å². The summed E-state index contributed by atoms with van der Waals surface area (Å²) in [5, 5.41) is 7.35. The van der Waals surface area contributed by atoms with Gasteiger partial charge in [-0.15, -0.1) is 0 Å². The number of aryl methyl sites for hydroxylation is 3. The molecule has 0 bridgehead atoms. The predicted molar refractivity (Wildman–Crippen MR) is 93.8 cm³/mol. The van der Waals surface area contributed by atoms with Crippen molar-refractivity contribution < 1.29 is 9.53 Å². The average molecular weight is 344 g/mol. The lowest BCUT2D eigenvalue weighted by molar-refractivity contribution is 0.0641. The zero-order valence-corrected chi connectivity index (χ0v) is 14.9. The van der Waals surface area contributed by atoms with E-state index in [-0.39, 0.29) is 24.1 Å². The quantitative estimate of drug-likeness (QED) is 0.885. The summed E-state index contributed by atoms with van der Waals surface area (Å²) in [6.07, 6.45) is 1.69. The molecule has 0 unspecified atom stereocenters. The number of aromatic amines is 1. The van der Waals surface area contributed by atoms with Crippen LogP contribution in [0.2, 0.25) is 0 Å². The van der Waals surface area contributed by atoms with Crippen LogP contribution in [0.25, 0.3) is 0 Å². The van der Waals surface area contributed by atoms with Crippen LogP contribution in [0.1, 0.15) is 51.9 Å². The van der Waals surface area contributed by atoms with Crippen LogP contribution >= 0.6 is 0 Å². The van der Waals surface area contributed by atoms with Crippen LogP contribution in [-0.4, -0.2) is 33.9 Å². The molecule has 0 aliphatic carbocycles. The second kappa shape index (κ2) is 7.23. The van der Waals surface area contributed by atoms with E-state index >= 15 is 0 Å². The van der Waals surface area contributed by atoms with Gasteiger partial charge in [-0.25, -0.2) is 0 Å². The summed E-state index contributed by atoms with van der Waals surface area (Å²) < 4.78 is 7.19. The van der Waals surface area contributed by atoms with E-state index in [1.54, 1.807) is 10.7 Å². The Morgan fingerprint density at radius 3 is 2.72 bits per heavy atom. The van der Waals surface area contributed by atoms with Crippen LogP contribution in [0.5, 0.6) is 0 Å². The number of rotatable bonds is 4. The third-order valence-corrected chi connectivity index (χ3v) is 4.55. The summed E-state index contributed by atoms with van der Waals surface area (Å²) in [6.45, 7) is 7.15. The summed E-state index contributed by atoms with van der Waals surface area (Å²) in [4.78, 5) is 27.5. The first-order valence-electron chi connectivity index (χ1n) is 8.57. The summed E-state index contributed by atoms with van der Waals surface area (Å²) >= 11 is 0. The van der Waals surface area contributed by atoms with Gasteiger partial charge in [-0.05, 0) is 51.3 Å². The summed E-state index contributed by atoms with van der Waals surface area (Å²) in [5.41, 5.74) is 3.44. The first kappa shape index (κ1) is 17.4. The van der Waals surface area contributed by atoms with Gasteiger partial charge in [0.1, 0.15) is 5.69 Å². The summed E-state index contributed by atoms with van der Waals surface area (Å²) in [5.74, 6) is -0.216. The minimum atomic E-state index is -0.216. The van der Waals surface area contributed by atoms with Crippen LogP contribution < -0.4 is 10.9 Å². The molecule has 0 atom stereocenters.